The van der Waals surface area contributed by atoms with Gasteiger partial charge in [-0.25, -0.2) is 9.48 Å². The first-order valence-corrected chi connectivity index (χ1v) is 13.7. The Morgan fingerprint density at radius 2 is 1.74 bits per heavy atom. The number of hydrogen-bond donors (Lipinski definition) is 2. The molecule has 0 aliphatic heterocycles. The molecule has 204 valence electrons. The number of nitrogens with one attached hydrogen (secondary N) is 1. The Labute approximate surface area is 239 Å². The van der Waals surface area contributed by atoms with Gasteiger partial charge in [-0.05, 0) is 79.3 Å². The van der Waals surface area contributed by atoms with E-state index in [9.17, 15) is 9.90 Å². The minimum Gasteiger partial charge on any atom is -0.487 e. The average Bonchev–Trinajstić information content (AvgIpc) is 3.17. The highest BCUT2D eigenvalue weighted by Crippen LogP contribution is 2.32. The fraction of sp³-hybridized carbons (Fsp3) is 0.290. The van der Waals surface area contributed by atoms with E-state index in [4.69, 9.17) is 33.0 Å². The van der Waals surface area contributed by atoms with Crippen LogP contribution >= 0.6 is 23.2 Å². The van der Waals surface area contributed by atoms with Crippen molar-refractivity contribution in [1.29, 1.82) is 0 Å². The molecule has 1 aromatic heterocycles. The van der Waals surface area contributed by atoms with Crippen LogP contribution in [0.25, 0.3) is 5.69 Å². The van der Waals surface area contributed by atoms with E-state index >= 15 is 0 Å². The van der Waals surface area contributed by atoms with Crippen molar-refractivity contribution >= 4 is 29.2 Å². The minimum atomic E-state index is -0.923. The summed E-state index contributed by atoms with van der Waals surface area (Å²) in [4.78, 5) is 11.2. The molecular formula is C31H33Cl2N3O3. The zero-order chi connectivity index (χ0) is 28.1. The monoisotopic (exact) mass is 565 g/mol. The van der Waals surface area contributed by atoms with Gasteiger partial charge in [0, 0.05) is 18.7 Å². The van der Waals surface area contributed by atoms with Crippen LogP contribution in [0, 0.1) is 19.8 Å². The summed E-state index contributed by atoms with van der Waals surface area (Å²) in [6, 6.07) is 18.4. The average molecular weight is 567 g/mol. The summed E-state index contributed by atoms with van der Waals surface area (Å²) in [6.45, 7) is 9.97. The molecule has 0 spiro atoms. The molecule has 0 radical (unpaired) electrons. The zero-order valence-corrected chi connectivity index (χ0v) is 24.1. The van der Waals surface area contributed by atoms with Gasteiger partial charge in [-0.3, -0.25) is 0 Å². The van der Waals surface area contributed by atoms with Crippen molar-refractivity contribution in [3.05, 3.63) is 110 Å². The predicted octanol–water partition coefficient (Wildman–Crippen LogP) is 7.56. The lowest BCUT2D eigenvalue weighted by Crippen LogP contribution is -2.14. The summed E-state index contributed by atoms with van der Waals surface area (Å²) >= 11 is 13.1. The summed E-state index contributed by atoms with van der Waals surface area (Å²) in [5.41, 5.74) is 7.12. The van der Waals surface area contributed by atoms with Crippen LogP contribution in [0.15, 0.2) is 60.7 Å². The van der Waals surface area contributed by atoms with Gasteiger partial charge < -0.3 is 15.2 Å². The summed E-state index contributed by atoms with van der Waals surface area (Å²) in [7, 11) is 0. The van der Waals surface area contributed by atoms with Crippen LogP contribution in [0.2, 0.25) is 10.0 Å². The third-order valence-electron chi connectivity index (χ3n) is 6.56. The van der Waals surface area contributed by atoms with Crippen LogP contribution in [0.4, 0.5) is 0 Å². The molecule has 0 unspecified atom stereocenters. The third kappa shape index (κ3) is 7.01. The lowest BCUT2D eigenvalue weighted by Gasteiger charge is -2.15. The van der Waals surface area contributed by atoms with Gasteiger partial charge in [-0.15, -0.1) is 0 Å². The van der Waals surface area contributed by atoms with Gasteiger partial charge in [-0.1, -0.05) is 61.3 Å². The number of carboxylic acid groups (broad SMARTS) is 1. The first-order valence-electron chi connectivity index (χ1n) is 12.9. The highest BCUT2D eigenvalue weighted by molar-refractivity contribution is 6.37. The molecule has 2 N–H and O–H groups in total. The van der Waals surface area contributed by atoms with Gasteiger partial charge in [0.05, 0.1) is 27.0 Å². The van der Waals surface area contributed by atoms with Crippen molar-refractivity contribution in [2.45, 2.75) is 53.8 Å². The standard InChI is InChI=1S/C31H33Cl2N3O3/c1-19(2)13-26-21(4)35-36(30-27(32)9-6-10-28(30)33)29(26)18-39-25-12-11-24(20(3)14-25)17-34-16-22-7-5-8-23(15-22)31(37)38/h5-12,14-15,19,34H,13,16-18H2,1-4H3,(H,37,38). The molecule has 0 saturated heterocycles. The molecule has 39 heavy (non-hydrogen) atoms. The molecule has 0 amide bonds. The van der Waals surface area contributed by atoms with Crippen molar-refractivity contribution in [3.63, 3.8) is 0 Å². The van der Waals surface area contributed by atoms with Gasteiger partial charge >= 0.3 is 5.97 Å². The number of hydrogen-bond acceptors (Lipinski definition) is 4. The molecule has 0 atom stereocenters. The quantitative estimate of drug-likeness (QED) is 0.196. The van der Waals surface area contributed by atoms with Crippen molar-refractivity contribution in [2.75, 3.05) is 0 Å². The maximum Gasteiger partial charge on any atom is 0.335 e. The molecule has 0 aliphatic rings. The second-order valence-electron chi connectivity index (χ2n) is 10.1. The fourth-order valence-electron chi connectivity index (χ4n) is 4.57. The number of aromatic carboxylic acids is 1. The second-order valence-corrected chi connectivity index (χ2v) is 10.9. The van der Waals surface area contributed by atoms with Crippen LogP contribution in [-0.2, 0) is 26.1 Å². The van der Waals surface area contributed by atoms with E-state index in [2.05, 4.69) is 26.1 Å². The number of carboxylic acids is 1. The first kappa shape index (κ1) is 28.7. The highest BCUT2D eigenvalue weighted by atomic mass is 35.5. The molecule has 0 saturated carbocycles. The smallest absolute Gasteiger partial charge is 0.335 e. The highest BCUT2D eigenvalue weighted by Gasteiger charge is 2.21. The Hall–Kier alpha value is -3.32. The number of rotatable bonds is 11. The Bertz CT molecular complexity index is 1460. The molecule has 4 aromatic rings. The zero-order valence-electron chi connectivity index (χ0n) is 22.6. The van der Waals surface area contributed by atoms with E-state index in [-0.39, 0.29) is 5.56 Å². The summed E-state index contributed by atoms with van der Waals surface area (Å²) in [5.74, 6) is 0.284. The topological polar surface area (TPSA) is 76.4 Å². The number of para-hydroxylation sites is 1. The van der Waals surface area contributed by atoms with Crippen LogP contribution in [0.3, 0.4) is 0 Å². The van der Waals surface area contributed by atoms with Crippen LogP contribution in [-0.4, -0.2) is 20.9 Å². The first-order chi connectivity index (χ1) is 18.6. The van der Waals surface area contributed by atoms with Gasteiger partial charge in [0.1, 0.15) is 18.0 Å². The number of aromatic nitrogens is 2. The normalized spacial score (nSPS) is 11.3. The Kier molecular flexibility index (Phi) is 9.33. The molecule has 1 heterocycles. The SMILES string of the molecule is Cc1cc(OCc2c(CC(C)C)c(C)nn2-c2c(Cl)cccc2Cl)ccc1CNCc1cccc(C(=O)O)c1. The maximum atomic E-state index is 11.2. The van der Waals surface area contributed by atoms with Crippen molar-refractivity contribution in [1.82, 2.24) is 15.1 Å². The minimum absolute atomic E-state index is 0.289. The molecule has 6 nitrogen and oxygen atoms in total. The third-order valence-corrected chi connectivity index (χ3v) is 7.17. The largest absolute Gasteiger partial charge is 0.487 e. The predicted molar refractivity (Wildman–Crippen MR) is 156 cm³/mol. The molecule has 4 rings (SSSR count). The molecule has 0 bridgehead atoms. The summed E-state index contributed by atoms with van der Waals surface area (Å²) in [5, 5.41) is 18.5. The van der Waals surface area contributed by atoms with E-state index < -0.39 is 5.97 Å². The van der Waals surface area contributed by atoms with Crippen LogP contribution in [0.5, 0.6) is 5.75 Å². The number of ether oxygens (including phenoxy) is 1. The van der Waals surface area contributed by atoms with Crippen molar-refractivity contribution in [2.24, 2.45) is 5.92 Å². The van der Waals surface area contributed by atoms with Gasteiger partial charge in [0.15, 0.2) is 0 Å². The number of aryl methyl sites for hydroxylation is 2. The molecule has 8 heteroatoms. The van der Waals surface area contributed by atoms with E-state index in [1.54, 1.807) is 18.2 Å². The van der Waals surface area contributed by atoms with E-state index in [1.165, 1.54) is 0 Å². The van der Waals surface area contributed by atoms with E-state index in [0.717, 1.165) is 45.8 Å². The number of nitrogens with zero attached hydrogens (tertiary/aromatic N) is 2. The van der Waals surface area contributed by atoms with Crippen LogP contribution in [0.1, 0.15) is 57.8 Å². The summed E-state index contributed by atoms with van der Waals surface area (Å²) < 4.78 is 8.11. The maximum absolute atomic E-state index is 11.2. The molecule has 3 aromatic carbocycles. The number of halogens is 2. The molecule has 0 fully saturated rings. The Morgan fingerprint density at radius 3 is 2.41 bits per heavy atom. The van der Waals surface area contributed by atoms with Gasteiger partial charge in [0.25, 0.3) is 0 Å². The molecular weight excluding hydrogens is 533 g/mol. The van der Waals surface area contributed by atoms with Crippen molar-refractivity contribution in [3.8, 4) is 11.4 Å². The lowest BCUT2D eigenvalue weighted by atomic mass is 10.0. The number of benzene rings is 3. The van der Waals surface area contributed by atoms with Crippen LogP contribution < -0.4 is 10.1 Å². The fourth-order valence-corrected chi connectivity index (χ4v) is 5.13. The summed E-state index contributed by atoms with van der Waals surface area (Å²) in [6.07, 6.45) is 0.867. The lowest BCUT2D eigenvalue weighted by molar-refractivity contribution is 0.0696. The second kappa shape index (κ2) is 12.7. The Morgan fingerprint density at radius 1 is 1.03 bits per heavy atom. The molecule has 0 aliphatic carbocycles. The van der Waals surface area contributed by atoms with Gasteiger partial charge in [-0.2, -0.15) is 5.10 Å². The number of carbonyl (C=O) groups is 1. The van der Waals surface area contributed by atoms with Crippen molar-refractivity contribution < 1.29 is 14.6 Å². The van der Waals surface area contributed by atoms with Gasteiger partial charge in [0.2, 0.25) is 0 Å². The van der Waals surface area contributed by atoms with E-state index in [0.29, 0.717) is 41.3 Å². The Balaban J connectivity index is 1.49. The van der Waals surface area contributed by atoms with E-state index in [1.807, 2.05) is 54.1 Å².